The molecule has 3 rings (SSSR count). The van der Waals surface area contributed by atoms with E-state index in [1.54, 1.807) is 0 Å². The normalized spacial score (nSPS) is 18.8. The summed E-state index contributed by atoms with van der Waals surface area (Å²) in [5, 5.41) is 8.98. The Hall–Kier alpha value is -1.64. The second-order valence-electron chi connectivity index (χ2n) is 7.86. The summed E-state index contributed by atoms with van der Waals surface area (Å²) in [4.78, 5) is 12.4. The number of ether oxygens (including phenoxy) is 1. The number of nitrogens with zero attached hydrogens (tertiary/aromatic N) is 2. The molecule has 0 bridgehead atoms. The summed E-state index contributed by atoms with van der Waals surface area (Å²) in [6, 6.07) is 6.17. The second kappa shape index (κ2) is 9.24. The van der Waals surface area contributed by atoms with Crippen molar-refractivity contribution in [2.75, 3.05) is 32.5 Å². The number of piperidine rings is 1. The lowest BCUT2D eigenvalue weighted by Gasteiger charge is -2.29. The Balaban J connectivity index is 1.37. The number of benzene rings is 1. The minimum atomic E-state index is -3.14. The van der Waals surface area contributed by atoms with Crippen molar-refractivity contribution in [1.82, 2.24) is 9.21 Å². The fraction of sp³-hybridized carbons (Fsp3) is 0.650. The molecule has 7 nitrogen and oxygen atoms in total. The van der Waals surface area contributed by atoms with E-state index in [2.05, 4.69) is 6.07 Å². The van der Waals surface area contributed by atoms with Crippen LogP contribution in [-0.2, 0) is 34.3 Å². The highest BCUT2D eigenvalue weighted by atomic mass is 32.2. The molecule has 1 amide bonds. The van der Waals surface area contributed by atoms with Gasteiger partial charge in [-0.15, -0.1) is 0 Å². The first-order valence-corrected chi connectivity index (χ1v) is 11.8. The van der Waals surface area contributed by atoms with Crippen LogP contribution in [0.3, 0.4) is 0 Å². The molecule has 2 aliphatic heterocycles. The van der Waals surface area contributed by atoms with Crippen LogP contribution in [0.15, 0.2) is 18.2 Å². The van der Waals surface area contributed by atoms with Gasteiger partial charge in [-0.25, -0.2) is 13.2 Å². The zero-order valence-corrected chi connectivity index (χ0v) is 17.3. The zero-order valence-electron chi connectivity index (χ0n) is 16.5. The molecule has 0 aromatic heterocycles. The number of amides is 1. The number of rotatable bonds is 7. The molecule has 0 saturated carbocycles. The first-order valence-electron chi connectivity index (χ1n) is 9.94. The largest absolute Gasteiger partial charge is 0.465 e. The number of likely N-dealkylation sites (tertiary alicyclic amines) is 1. The molecule has 1 N–H and O–H groups in total. The van der Waals surface area contributed by atoms with Gasteiger partial charge in [0.2, 0.25) is 10.0 Å². The van der Waals surface area contributed by atoms with Crippen molar-refractivity contribution >= 4 is 16.1 Å². The molecule has 0 spiro atoms. The first kappa shape index (κ1) is 21.1. The summed E-state index contributed by atoms with van der Waals surface area (Å²) in [5.41, 5.74) is 3.42. The Bertz CT molecular complexity index is 788. The summed E-state index contributed by atoms with van der Waals surface area (Å²) in [7, 11) is -3.14. The van der Waals surface area contributed by atoms with Crippen molar-refractivity contribution in [3.05, 3.63) is 34.9 Å². The van der Waals surface area contributed by atoms with Gasteiger partial charge in [0.25, 0.3) is 0 Å². The third-order valence-electron chi connectivity index (χ3n) is 5.77. The number of hydrogen-bond donors (Lipinski definition) is 1. The van der Waals surface area contributed by atoms with Crippen LogP contribution in [0.5, 0.6) is 0 Å². The van der Waals surface area contributed by atoms with Crippen molar-refractivity contribution < 1.29 is 23.1 Å². The van der Waals surface area contributed by atoms with Crippen LogP contribution in [0.2, 0.25) is 0 Å². The average Bonchev–Trinajstić information content (AvgIpc) is 2.67. The lowest BCUT2D eigenvalue weighted by Crippen LogP contribution is -2.37. The van der Waals surface area contributed by atoms with Gasteiger partial charge in [0.1, 0.15) is 0 Å². The van der Waals surface area contributed by atoms with Crippen molar-refractivity contribution in [3.8, 4) is 0 Å². The van der Waals surface area contributed by atoms with Crippen LogP contribution in [0.1, 0.15) is 42.4 Å². The topological polar surface area (TPSA) is 87.2 Å². The van der Waals surface area contributed by atoms with E-state index < -0.39 is 16.1 Å². The summed E-state index contributed by atoms with van der Waals surface area (Å²) in [6.45, 7) is 3.56. The molecule has 0 aliphatic carbocycles. The van der Waals surface area contributed by atoms with E-state index in [1.165, 1.54) is 21.0 Å². The Morgan fingerprint density at radius 2 is 1.96 bits per heavy atom. The maximum atomic E-state index is 11.7. The highest BCUT2D eigenvalue weighted by molar-refractivity contribution is 7.88. The summed E-state index contributed by atoms with van der Waals surface area (Å²) >= 11 is 0. The Morgan fingerprint density at radius 1 is 1.21 bits per heavy atom. The van der Waals surface area contributed by atoms with E-state index >= 15 is 0 Å². The molecule has 1 fully saturated rings. The third-order valence-corrected chi connectivity index (χ3v) is 7.02. The summed E-state index contributed by atoms with van der Waals surface area (Å²) in [6.07, 6.45) is 5.16. The predicted molar refractivity (Wildman–Crippen MR) is 107 cm³/mol. The van der Waals surface area contributed by atoms with Crippen LogP contribution in [0, 0.1) is 5.92 Å². The van der Waals surface area contributed by atoms with Crippen LogP contribution in [0.4, 0.5) is 4.79 Å². The van der Waals surface area contributed by atoms with Gasteiger partial charge in [0.15, 0.2) is 0 Å². The van der Waals surface area contributed by atoms with Crippen LogP contribution in [0.25, 0.3) is 0 Å². The molecule has 1 aromatic rings. The van der Waals surface area contributed by atoms with E-state index in [4.69, 9.17) is 9.84 Å². The zero-order chi connectivity index (χ0) is 20.1. The Kier molecular flexibility index (Phi) is 6.95. The Labute approximate surface area is 167 Å². The monoisotopic (exact) mass is 410 g/mol. The van der Waals surface area contributed by atoms with E-state index in [1.807, 2.05) is 12.1 Å². The molecule has 1 saturated heterocycles. The molecular formula is C20H30N2O5S. The molecule has 8 heteroatoms. The molecule has 156 valence electrons. The molecule has 0 atom stereocenters. The molecule has 0 unspecified atom stereocenters. The van der Waals surface area contributed by atoms with Crippen molar-refractivity contribution in [3.63, 3.8) is 0 Å². The first-order chi connectivity index (χ1) is 13.3. The second-order valence-corrected chi connectivity index (χ2v) is 9.84. The van der Waals surface area contributed by atoms with E-state index in [0.717, 1.165) is 43.2 Å². The number of carbonyl (C=O) groups is 1. The number of fused-ring (bicyclic) bond motifs is 1. The fourth-order valence-electron chi connectivity index (χ4n) is 4.03. The lowest BCUT2D eigenvalue weighted by molar-refractivity contribution is 0.102. The average molecular weight is 411 g/mol. The van der Waals surface area contributed by atoms with Crippen molar-refractivity contribution in [2.24, 2.45) is 5.92 Å². The van der Waals surface area contributed by atoms with Gasteiger partial charge in [-0.05, 0) is 54.7 Å². The molecule has 1 aromatic carbocycles. The molecule has 2 aliphatic rings. The number of carboxylic acid groups (broad SMARTS) is 1. The minimum Gasteiger partial charge on any atom is -0.465 e. The highest BCUT2D eigenvalue weighted by Crippen LogP contribution is 2.23. The molecule has 2 heterocycles. The van der Waals surface area contributed by atoms with Crippen LogP contribution in [-0.4, -0.2) is 61.3 Å². The van der Waals surface area contributed by atoms with Gasteiger partial charge >= 0.3 is 6.09 Å². The third kappa shape index (κ3) is 5.68. The predicted octanol–water partition coefficient (Wildman–Crippen LogP) is 2.69. The van der Waals surface area contributed by atoms with Gasteiger partial charge in [-0.2, -0.15) is 4.31 Å². The van der Waals surface area contributed by atoms with Crippen LogP contribution >= 0.6 is 0 Å². The van der Waals surface area contributed by atoms with Gasteiger partial charge in [-0.1, -0.05) is 18.2 Å². The standard InChI is InChI=1S/C20H30N2O5S/c1-28(25,26)22-11-8-18-13-17(4-5-19(18)14-22)15-27-12-2-3-16-6-9-21(10-7-16)20(23)24/h4-5,13,16H,2-3,6-12,14-15H2,1H3,(H,23,24). The maximum absolute atomic E-state index is 11.7. The van der Waals surface area contributed by atoms with Gasteiger partial charge in [0.05, 0.1) is 12.9 Å². The maximum Gasteiger partial charge on any atom is 0.407 e. The summed E-state index contributed by atoms with van der Waals surface area (Å²) in [5.74, 6) is 0.598. The smallest absolute Gasteiger partial charge is 0.407 e. The fourth-order valence-corrected chi connectivity index (χ4v) is 4.83. The highest BCUT2D eigenvalue weighted by Gasteiger charge is 2.23. The van der Waals surface area contributed by atoms with E-state index in [9.17, 15) is 13.2 Å². The quantitative estimate of drug-likeness (QED) is 0.699. The van der Waals surface area contributed by atoms with Gasteiger partial charge < -0.3 is 14.7 Å². The molecule has 28 heavy (non-hydrogen) atoms. The van der Waals surface area contributed by atoms with Crippen LogP contribution < -0.4 is 0 Å². The van der Waals surface area contributed by atoms with E-state index in [-0.39, 0.29) is 0 Å². The minimum absolute atomic E-state index is 0.454. The van der Waals surface area contributed by atoms with Crippen molar-refractivity contribution in [1.29, 1.82) is 0 Å². The Morgan fingerprint density at radius 3 is 2.64 bits per heavy atom. The summed E-state index contributed by atoms with van der Waals surface area (Å²) < 4.78 is 30.8. The van der Waals surface area contributed by atoms with E-state index in [0.29, 0.717) is 45.3 Å². The lowest BCUT2D eigenvalue weighted by atomic mass is 9.92. The SMILES string of the molecule is CS(=O)(=O)N1CCc2cc(COCCCC3CCN(C(=O)O)CC3)ccc2C1. The number of sulfonamides is 1. The van der Waals surface area contributed by atoms with Gasteiger partial charge in [-0.3, -0.25) is 0 Å². The molecule has 0 radical (unpaired) electrons. The number of hydrogen-bond acceptors (Lipinski definition) is 4. The van der Waals surface area contributed by atoms with Crippen molar-refractivity contribution in [2.45, 2.75) is 45.3 Å². The molecular weight excluding hydrogens is 380 g/mol. The van der Waals surface area contributed by atoms with Gasteiger partial charge in [0, 0.05) is 32.8 Å².